The van der Waals surface area contributed by atoms with Crippen LogP contribution in [0.5, 0.6) is 0 Å². The molecule has 0 bridgehead atoms. The predicted octanol–water partition coefficient (Wildman–Crippen LogP) is 3.19. The third-order valence-corrected chi connectivity index (χ3v) is 3.85. The quantitative estimate of drug-likeness (QED) is 0.854. The molecule has 2 aromatic rings. The van der Waals surface area contributed by atoms with Gasteiger partial charge in [0, 0.05) is 13.0 Å². The van der Waals surface area contributed by atoms with E-state index in [0.717, 1.165) is 5.76 Å². The van der Waals surface area contributed by atoms with Crippen molar-refractivity contribution in [3.05, 3.63) is 60.1 Å². The van der Waals surface area contributed by atoms with Crippen molar-refractivity contribution in [2.24, 2.45) is 0 Å². The average molecular weight is 300 g/mol. The fourth-order valence-corrected chi connectivity index (χ4v) is 2.48. The minimum absolute atomic E-state index is 0.0472. The first-order chi connectivity index (χ1) is 10.6. The van der Waals surface area contributed by atoms with E-state index in [4.69, 9.17) is 4.42 Å². The molecule has 0 spiro atoms. The number of carbonyl (C=O) groups excluding carboxylic acids is 1. The molecular formula is C18H24N2O2. The summed E-state index contributed by atoms with van der Waals surface area (Å²) in [6, 6.07) is 14.0. The highest BCUT2D eigenvalue weighted by Crippen LogP contribution is 2.20. The van der Waals surface area contributed by atoms with Crippen LogP contribution >= 0.6 is 0 Å². The summed E-state index contributed by atoms with van der Waals surface area (Å²) < 4.78 is 5.45. The summed E-state index contributed by atoms with van der Waals surface area (Å²) in [5, 5.41) is 3.01. The standard InChI is InChI=1S/C18H24N2O2/c1-14(15-8-5-4-6-9-15)12-18(21)19-13-16(20(2)3)17-10-7-11-22-17/h4-11,14,16H,12-13H2,1-3H3,(H,19,21). The van der Waals surface area contributed by atoms with E-state index < -0.39 is 0 Å². The zero-order chi connectivity index (χ0) is 15.9. The fourth-order valence-electron chi connectivity index (χ4n) is 2.48. The number of hydrogen-bond donors (Lipinski definition) is 1. The molecule has 2 rings (SSSR count). The van der Waals surface area contributed by atoms with Crippen molar-refractivity contribution in [3.8, 4) is 0 Å². The first kappa shape index (κ1) is 16.3. The first-order valence-corrected chi connectivity index (χ1v) is 7.59. The smallest absolute Gasteiger partial charge is 0.220 e. The summed E-state index contributed by atoms with van der Waals surface area (Å²) in [6.45, 7) is 2.62. The number of hydrogen-bond acceptors (Lipinski definition) is 3. The Labute approximate surface area is 132 Å². The fraction of sp³-hybridized carbons (Fsp3) is 0.389. The van der Waals surface area contributed by atoms with Crippen molar-refractivity contribution >= 4 is 5.91 Å². The van der Waals surface area contributed by atoms with Gasteiger partial charge in [-0.1, -0.05) is 37.3 Å². The Morgan fingerprint density at radius 1 is 1.18 bits per heavy atom. The van der Waals surface area contributed by atoms with Crippen molar-refractivity contribution in [2.45, 2.75) is 25.3 Å². The summed E-state index contributed by atoms with van der Waals surface area (Å²) in [4.78, 5) is 14.2. The molecule has 0 radical (unpaired) electrons. The monoisotopic (exact) mass is 300 g/mol. The second kappa shape index (κ2) is 7.80. The van der Waals surface area contributed by atoms with Gasteiger partial charge in [0.25, 0.3) is 0 Å². The predicted molar refractivity (Wildman–Crippen MR) is 87.6 cm³/mol. The van der Waals surface area contributed by atoms with Gasteiger partial charge in [-0.3, -0.25) is 9.69 Å². The van der Waals surface area contributed by atoms with Crippen molar-refractivity contribution in [2.75, 3.05) is 20.6 Å². The molecule has 4 heteroatoms. The molecule has 1 amide bonds. The van der Waals surface area contributed by atoms with Gasteiger partial charge in [-0.25, -0.2) is 0 Å². The second-order valence-corrected chi connectivity index (χ2v) is 5.81. The number of likely N-dealkylation sites (N-methyl/N-ethyl adjacent to an activating group) is 1. The van der Waals surface area contributed by atoms with Gasteiger partial charge in [0.05, 0.1) is 12.3 Å². The van der Waals surface area contributed by atoms with Crippen molar-refractivity contribution in [1.82, 2.24) is 10.2 Å². The van der Waals surface area contributed by atoms with Gasteiger partial charge in [-0.2, -0.15) is 0 Å². The highest BCUT2D eigenvalue weighted by molar-refractivity contribution is 5.76. The molecule has 0 saturated carbocycles. The Hall–Kier alpha value is -2.07. The molecule has 118 valence electrons. The Kier molecular flexibility index (Phi) is 5.78. The lowest BCUT2D eigenvalue weighted by atomic mass is 9.97. The number of carbonyl (C=O) groups is 1. The Morgan fingerprint density at radius 2 is 1.91 bits per heavy atom. The number of furan rings is 1. The zero-order valence-corrected chi connectivity index (χ0v) is 13.5. The highest BCUT2D eigenvalue weighted by atomic mass is 16.3. The largest absolute Gasteiger partial charge is 0.468 e. The lowest BCUT2D eigenvalue weighted by molar-refractivity contribution is -0.121. The summed E-state index contributed by atoms with van der Waals surface area (Å²) >= 11 is 0. The van der Waals surface area contributed by atoms with Crippen molar-refractivity contribution in [3.63, 3.8) is 0 Å². The van der Waals surface area contributed by atoms with Gasteiger partial charge >= 0.3 is 0 Å². The lowest BCUT2D eigenvalue weighted by Gasteiger charge is -2.23. The van der Waals surface area contributed by atoms with Crippen LogP contribution in [0.1, 0.15) is 36.6 Å². The minimum Gasteiger partial charge on any atom is -0.468 e. The average Bonchev–Trinajstić information content (AvgIpc) is 3.02. The minimum atomic E-state index is 0.0472. The number of rotatable bonds is 7. The van der Waals surface area contributed by atoms with Crippen molar-refractivity contribution in [1.29, 1.82) is 0 Å². The van der Waals surface area contributed by atoms with Crippen LogP contribution in [0.4, 0.5) is 0 Å². The number of nitrogens with zero attached hydrogens (tertiary/aromatic N) is 1. The molecule has 1 aromatic carbocycles. The SMILES string of the molecule is CC(CC(=O)NCC(c1ccco1)N(C)C)c1ccccc1. The number of benzene rings is 1. The maximum absolute atomic E-state index is 12.2. The van der Waals surface area contributed by atoms with E-state index in [1.807, 2.05) is 49.3 Å². The molecule has 0 saturated heterocycles. The van der Waals surface area contributed by atoms with Gasteiger partial charge in [0.1, 0.15) is 5.76 Å². The highest BCUT2D eigenvalue weighted by Gasteiger charge is 2.18. The van der Waals surface area contributed by atoms with E-state index in [2.05, 4.69) is 24.4 Å². The molecule has 1 N–H and O–H groups in total. The van der Waals surface area contributed by atoms with Gasteiger partial charge in [-0.15, -0.1) is 0 Å². The summed E-state index contributed by atoms with van der Waals surface area (Å²) in [7, 11) is 3.96. The van der Waals surface area contributed by atoms with E-state index in [-0.39, 0.29) is 17.9 Å². The van der Waals surface area contributed by atoms with Crippen LogP contribution in [0.3, 0.4) is 0 Å². The lowest BCUT2D eigenvalue weighted by Crippen LogP contribution is -2.34. The molecule has 0 aliphatic heterocycles. The molecule has 4 nitrogen and oxygen atoms in total. The van der Waals surface area contributed by atoms with E-state index in [0.29, 0.717) is 13.0 Å². The van der Waals surface area contributed by atoms with Crippen LogP contribution in [0.2, 0.25) is 0 Å². The first-order valence-electron chi connectivity index (χ1n) is 7.59. The summed E-state index contributed by atoms with van der Waals surface area (Å²) in [5.74, 6) is 1.14. The number of amides is 1. The molecule has 1 heterocycles. The second-order valence-electron chi connectivity index (χ2n) is 5.81. The van der Waals surface area contributed by atoms with Crippen LogP contribution < -0.4 is 5.32 Å². The molecule has 2 atom stereocenters. The van der Waals surface area contributed by atoms with Gasteiger partial charge in [0.2, 0.25) is 5.91 Å². The van der Waals surface area contributed by atoms with Crippen LogP contribution in [0.25, 0.3) is 0 Å². The van der Waals surface area contributed by atoms with Crippen LogP contribution in [0.15, 0.2) is 53.1 Å². The molecule has 22 heavy (non-hydrogen) atoms. The Balaban J connectivity index is 1.86. The van der Waals surface area contributed by atoms with Gasteiger partial charge in [0.15, 0.2) is 0 Å². The molecule has 0 aliphatic carbocycles. The van der Waals surface area contributed by atoms with E-state index >= 15 is 0 Å². The van der Waals surface area contributed by atoms with E-state index in [9.17, 15) is 4.79 Å². The van der Waals surface area contributed by atoms with Gasteiger partial charge in [-0.05, 0) is 37.7 Å². The van der Waals surface area contributed by atoms with Gasteiger partial charge < -0.3 is 9.73 Å². The molecule has 1 aromatic heterocycles. The molecule has 0 aliphatic rings. The van der Waals surface area contributed by atoms with Crippen LogP contribution in [-0.4, -0.2) is 31.4 Å². The normalized spacial score (nSPS) is 13.8. The zero-order valence-electron chi connectivity index (χ0n) is 13.5. The maximum atomic E-state index is 12.2. The Morgan fingerprint density at radius 3 is 2.50 bits per heavy atom. The third kappa shape index (κ3) is 4.46. The molecule has 2 unspecified atom stereocenters. The molecule has 0 fully saturated rings. The van der Waals surface area contributed by atoms with Crippen LogP contribution in [0, 0.1) is 0 Å². The van der Waals surface area contributed by atoms with Crippen LogP contribution in [-0.2, 0) is 4.79 Å². The summed E-state index contributed by atoms with van der Waals surface area (Å²) in [5.41, 5.74) is 1.19. The Bertz CT molecular complexity index is 564. The van der Waals surface area contributed by atoms with E-state index in [1.54, 1.807) is 6.26 Å². The number of nitrogens with one attached hydrogen (secondary N) is 1. The topological polar surface area (TPSA) is 45.5 Å². The van der Waals surface area contributed by atoms with E-state index in [1.165, 1.54) is 5.56 Å². The third-order valence-electron chi connectivity index (χ3n) is 3.85. The van der Waals surface area contributed by atoms with Crippen molar-refractivity contribution < 1.29 is 9.21 Å². The maximum Gasteiger partial charge on any atom is 0.220 e. The summed E-state index contributed by atoms with van der Waals surface area (Å²) in [6.07, 6.45) is 2.15. The molecular weight excluding hydrogens is 276 g/mol.